The van der Waals surface area contributed by atoms with Crippen LogP contribution in [0.3, 0.4) is 0 Å². The van der Waals surface area contributed by atoms with Gasteiger partial charge in [0.2, 0.25) is 5.88 Å². The number of hydrogen-bond donors (Lipinski definition) is 3. The van der Waals surface area contributed by atoms with Gasteiger partial charge in [0.1, 0.15) is 5.82 Å². The Kier molecular flexibility index (Phi) is 3.45. The number of nitrogens with zero attached hydrogens (tertiary/aromatic N) is 2. The second-order valence-electron chi connectivity index (χ2n) is 5.24. The highest BCUT2D eigenvalue weighted by Crippen LogP contribution is 2.31. The largest absolute Gasteiger partial charge is 0.476 e. The summed E-state index contributed by atoms with van der Waals surface area (Å²) in [5.41, 5.74) is 7.54. The first-order valence-corrected chi connectivity index (χ1v) is 6.87. The summed E-state index contributed by atoms with van der Waals surface area (Å²) in [5, 5.41) is 10.1. The van der Waals surface area contributed by atoms with Gasteiger partial charge in [-0.1, -0.05) is 0 Å². The Labute approximate surface area is 117 Å². The van der Waals surface area contributed by atoms with Gasteiger partial charge in [-0.15, -0.1) is 0 Å². The number of aromatic nitrogens is 3. The van der Waals surface area contributed by atoms with Crippen LogP contribution in [0.1, 0.15) is 31.4 Å². The maximum atomic E-state index is 5.89. The number of hydrogen-bond acceptors (Lipinski definition) is 5. The fourth-order valence-corrected chi connectivity index (χ4v) is 1.93. The number of nitrogens with two attached hydrogens (primary N) is 1. The predicted molar refractivity (Wildman–Crippen MR) is 77.5 cm³/mol. The third-order valence-electron chi connectivity index (χ3n) is 3.43. The molecule has 6 heteroatoms. The van der Waals surface area contributed by atoms with Crippen molar-refractivity contribution in [3.05, 3.63) is 30.1 Å². The number of aromatic amines is 1. The minimum absolute atomic E-state index is 0.112. The van der Waals surface area contributed by atoms with E-state index in [-0.39, 0.29) is 6.04 Å². The smallest absolute Gasteiger partial charge is 0.239 e. The first-order chi connectivity index (χ1) is 9.72. The van der Waals surface area contributed by atoms with E-state index in [0.29, 0.717) is 24.1 Å². The second kappa shape index (κ2) is 5.40. The van der Waals surface area contributed by atoms with Crippen molar-refractivity contribution in [2.24, 2.45) is 5.92 Å². The molecule has 2 aromatic rings. The molecule has 1 aliphatic rings. The summed E-state index contributed by atoms with van der Waals surface area (Å²) in [4.78, 5) is 4.43. The molecule has 0 bridgehead atoms. The van der Waals surface area contributed by atoms with Crippen LogP contribution < -0.4 is 15.8 Å². The Balaban J connectivity index is 1.67. The summed E-state index contributed by atoms with van der Waals surface area (Å²) in [7, 11) is 0. The average molecular weight is 273 g/mol. The Bertz CT molecular complexity index is 565. The number of nitrogens with one attached hydrogen (secondary N) is 2. The lowest BCUT2D eigenvalue weighted by Crippen LogP contribution is -2.09. The number of pyridine rings is 1. The molecule has 4 N–H and O–H groups in total. The van der Waals surface area contributed by atoms with E-state index in [1.165, 1.54) is 12.8 Å². The quantitative estimate of drug-likeness (QED) is 0.751. The summed E-state index contributed by atoms with van der Waals surface area (Å²) in [6, 6.07) is 3.79. The zero-order valence-electron chi connectivity index (χ0n) is 11.5. The molecule has 0 saturated heterocycles. The Morgan fingerprint density at radius 2 is 2.35 bits per heavy atom. The highest BCUT2D eigenvalue weighted by Gasteiger charge is 2.22. The van der Waals surface area contributed by atoms with Crippen LogP contribution in [0.15, 0.2) is 24.5 Å². The van der Waals surface area contributed by atoms with Crippen LogP contribution in [0.4, 0.5) is 11.5 Å². The zero-order chi connectivity index (χ0) is 13.9. The molecular weight excluding hydrogens is 254 g/mol. The normalized spacial score (nSPS) is 15.8. The number of H-pyrrole nitrogens is 1. The first kappa shape index (κ1) is 12.8. The van der Waals surface area contributed by atoms with E-state index < -0.39 is 0 Å². The lowest BCUT2D eigenvalue weighted by Gasteiger charge is -2.14. The van der Waals surface area contributed by atoms with E-state index in [4.69, 9.17) is 10.5 Å². The standard InChI is InChI=1S/C14H19N5O/c1-9(11-6-16-17-7-11)18-13-5-4-12(15)14(19-13)20-8-10-2-3-10/h4-7,9-10H,2-3,8,15H2,1H3,(H,16,17)(H,18,19). The van der Waals surface area contributed by atoms with Crippen molar-refractivity contribution in [2.75, 3.05) is 17.7 Å². The van der Waals surface area contributed by atoms with Gasteiger partial charge in [-0.25, -0.2) is 0 Å². The minimum Gasteiger partial charge on any atom is -0.476 e. The molecule has 0 amide bonds. The summed E-state index contributed by atoms with van der Waals surface area (Å²) >= 11 is 0. The van der Waals surface area contributed by atoms with E-state index in [1.54, 1.807) is 6.20 Å². The van der Waals surface area contributed by atoms with Gasteiger partial charge in [0.15, 0.2) is 0 Å². The van der Waals surface area contributed by atoms with E-state index in [1.807, 2.05) is 25.3 Å². The van der Waals surface area contributed by atoms with E-state index in [0.717, 1.165) is 11.4 Å². The third kappa shape index (κ3) is 3.01. The molecule has 0 aromatic carbocycles. The number of rotatable bonds is 6. The van der Waals surface area contributed by atoms with Crippen LogP contribution in [-0.4, -0.2) is 21.8 Å². The maximum Gasteiger partial charge on any atom is 0.239 e. The Morgan fingerprint density at radius 3 is 3.05 bits per heavy atom. The van der Waals surface area contributed by atoms with E-state index in [9.17, 15) is 0 Å². The minimum atomic E-state index is 0.112. The molecule has 2 aromatic heterocycles. The molecule has 1 fully saturated rings. The first-order valence-electron chi connectivity index (χ1n) is 6.87. The summed E-state index contributed by atoms with van der Waals surface area (Å²) in [5.74, 6) is 1.94. The Hall–Kier alpha value is -2.24. The van der Waals surface area contributed by atoms with Gasteiger partial charge in [-0.3, -0.25) is 5.10 Å². The van der Waals surface area contributed by atoms with Crippen molar-refractivity contribution in [2.45, 2.75) is 25.8 Å². The molecule has 2 heterocycles. The van der Waals surface area contributed by atoms with Crippen molar-refractivity contribution in [1.82, 2.24) is 15.2 Å². The molecule has 1 unspecified atom stereocenters. The summed E-state index contributed by atoms with van der Waals surface area (Å²) in [6.45, 7) is 2.76. The molecule has 1 atom stereocenters. The topological polar surface area (TPSA) is 88.8 Å². The van der Waals surface area contributed by atoms with Crippen molar-refractivity contribution in [3.8, 4) is 5.88 Å². The second-order valence-corrected chi connectivity index (χ2v) is 5.24. The highest BCUT2D eigenvalue weighted by atomic mass is 16.5. The van der Waals surface area contributed by atoms with E-state index >= 15 is 0 Å². The fraction of sp³-hybridized carbons (Fsp3) is 0.429. The van der Waals surface area contributed by atoms with Crippen LogP contribution in [0, 0.1) is 5.92 Å². The highest BCUT2D eigenvalue weighted by molar-refractivity contribution is 5.54. The number of anilines is 2. The van der Waals surface area contributed by atoms with Gasteiger partial charge >= 0.3 is 0 Å². The summed E-state index contributed by atoms with van der Waals surface area (Å²) < 4.78 is 5.68. The van der Waals surface area contributed by atoms with Gasteiger partial charge in [-0.2, -0.15) is 10.1 Å². The fourth-order valence-electron chi connectivity index (χ4n) is 1.93. The van der Waals surface area contributed by atoms with Gasteiger partial charge in [0.05, 0.1) is 24.5 Å². The molecule has 0 spiro atoms. The molecule has 6 nitrogen and oxygen atoms in total. The zero-order valence-corrected chi connectivity index (χ0v) is 11.5. The van der Waals surface area contributed by atoms with Crippen molar-refractivity contribution in [1.29, 1.82) is 0 Å². The molecular formula is C14H19N5O. The van der Waals surface area contributed by atoms with Crippen LogP contribution in [0.2, 0.25) is 0 Å². The SMILES string of the molecule is CC(Nc1ccc(N)c(OCC2CC2)n1)c1cn[nH]c1. The Morgan fingerprint density at radius 1 is 1.50 bits per heavy atom. The number of nitrogen functional groups attached to an aromatic ring is 1. The predicted octanol–water partition coefficient (Wildman–Crippen LogP) is 2.35. The van der Waals surface area contributed by atoms with Gasteiger partial charge < -0.3 is 15.8 Å². The van der Waals surface area contributed by atoms with Gasteiger partial charge in [0, 0.05) is 11.8 Å². The third-order valence-corrected chi connectivity index (χ3v) is 3.43. The molecule has 106 valence electrons. The van der Waals surface area contributed by atoms with Crippen molar-refractivity contribution < 1.29 is 4.74 Å². The lowest BCUT2D eigenvalue weighted by atomic mass is 10.2. The van der Waals surface area contributed by atoms with Crippen LogP contribution in [0.25, 0.3) is 0 Å². The molecule has 3 rings (SSSR count). The van der Waals surface area contributed by atoms with Crippen molar-refractivity contribution in [3.63, 3.8) is 0 Å². The van der Waals surface area contributed by atoms with Crippen LogP contribution in [0.5, 0.6) is 5.88 Å². The average Bonchev–Trinajstić information content (AvgIpc) is 3.10. The molecule has 0 aliphatic heterocycles. The maximum absolute atomic E-state index is 5.89. The van der Waals surface area contributed by atoms with Crippen LogP contribution >= 0.6 is 0 Å². The molecule has 1 saturated carbocycles. The van der Waals surface area contributed by atoms with Gasteiger partial charge in [-0.05, 0) is 37.8 Å². The lowest BCUT2D eigenvalue weighted by molar-refractivity contribution is 0.290. The van der Waals surface area contributed by atoms with Crippen molar-refractivity contribution >= 4 is 11.5 Å². The molecule has 1 aliphatic carbocycles. The number of ether oxygens (including phenoxy) is 1. The van der Waals surface area contributed by atoms with Crippen LogP contribution in [-0.2, 0) is 0 Å². The molecule has 20 heavy (non-hydrogen) atoms. The molecule has 0 radical (unpaired) electrons. The summed E-state index contributed by atoms with van der Waals surface area (Å²) in [6.07, 6.45) is 6.14. The van der Waals surface area contributed by atoms with E-state index in [2.05, 4.69) is 20.5 Å². The monoisotopic (exact) mass is 273 g/mol. The van der Waals surface area contributed by atoms with Gasteiger partial charge in [0.25, 0.3) is 0 Å².